The lowest BCUT2D eigenvalue weighted by molar-refractivity contribution is -0.127. The Hall–Kier alpha value is -2.20. The first-order valence-corrected chi connectivity index (χ1v) is 13.8. The monoisotopic (exact) mass is 511 g/mol. The Morgan fingerprint density at radius 3 is 2.46 bits per heavy atom. The Morgan fingerprint density at radius 2 is 1.86 bits per heavy atom. The van der Waals surface area contributed by atoms with Gasteiger partial charge in [-0.1, -0.05) is 19.8 Å². The minimum atomic E-state index is -3.74. The molecule has 1 aromatic rings. The Bertz CT molecular complexity index is 1010. The molecule has 3 rings (SSSR count). The van der Waals surface area contributed by atoms with Gasteiger partial charge in [0.15, 0.2) is 0 Å². The zero-order valence-electron chi connectivity index (χ0n) is 21.3. The number of halogens is 1. The standard InChI is InChI=1S/C25H38FN3O5S/c1-6-7-8-22(28(5)24(31)34-25(2,3)4)23(30)27-21-14-9-17-15-29(16-20(17)21)35(32,33)19-12-10-18(26)11-13-19/h10-13,17,20-22H,6-9,14-16H2,1-5H3,(H,27,30)/t17-,20+,21+,22+/m1/s1. The minimum Gasteiger partial charge on any atom is -0.444 e. The molecule has 1 saturated carbocycles. The molecule has 0 spiro atoms. The van der Waals surface area contributed by atoms with Crippen molar-refractivity contribution in [2.45, 2.75) is 82.4 Å². The summed E-state index contributed by atoms with van der Waals surface area (Å²) in [5.74, 6) is -0.586. The van der Waals surface area contributed by atoms with Gasteiger partial charge in [0.1, 0.15) is 17.5 Å². The zero-order valence-corrected chi connectivity index (χ0v) is 22.1. The van der Waals surface area contributed by atoms with Crippen molar-refractivity contribution >= 4 is 22.0 Å². The third kappa shape index (κ3) is 6.52. The van der Waals surface area contributed by atoms with E-state index >= 15 is 0 Å². The topological polar surface area (TPSA) is 96.0 Å². The molecule has 1 heterocycles. The summed E-state index contributed by atoms with van der Waals surface area (Å²) in [5.41, 5.74) is -0.668. The van der Waals surface area contributed by atoms with Gasteiger partial charge in [0.25, 0.3) is 0 Å². The van der Waals surface area contributed by atoms with Crippen LogP contribution in [0.15, 0.2) is 29.2 Å². The van der Waals surface area contributed by atoms with Crippen LogP contribution >= 0.6 is 0 Å². The van der Waals surface area contributed by atoms with E-state index in [-0.39, 0.29) is 28.7 Å². The molecule has 1 aliphatic carbocycles. The highest BCUT2D eigenvalue weighted by atomic mass is 32.2. The number of sulfonamides is 1. The fourth-order valence-electron chi connectivity index (χ4n) is 4.99. The van der Waals surface area contributed by atoms with Crippen molar-refractivity contribution < 1.29 is 27.1 Å². The number of carbonyl (C=O) groups is 2. The molecular formula is C25H38FN3O5S. The van der Waals surface area contributed by atoms with Gasteiger partial charge in [0.2, 0.25) is 15.9 Å². The van der Waals surface area contributed by atoms with Gasteiger partial charge in [-0.25, -0.2) is 17.6 Å². The summed E-state index contributed by atoms with van der Waals surface area (Å²) in [5, 5.41) is 3.12. The van der Waals surface area contributed by atoms with E-state index in [2.05, 4.69) is 5.32 Å². The predicted molar refractivity (Wildman–Crippen MR) is 131 cm³/mol. The second-order valence-corrected chi connectivity index (χ2v) is 12.6. The number of benzene rings is 1. The molecule has 196 valence electrons. The number of hydrogen-bond donors (Lipinski definition) is 1. The Labute approximate surface area is 208 Å². The molecule has 0 radical (unpaired) electrons. The highest BCUT2D eigenvalue weighted by Gasteiger charge is 2.47. The normalized spacial score (nSPS) is 23.5. The van der Waals surface area contributed by atoms with Gasteiger partial charge < -0.3 is 10.1 Å². The molecule has 1 aliphatic heterocycles. The van der Waals surface area contributed by atoms with Crippen LogP contribution in [0, 0.1) is 17.7 Å². The summed E-state index contributed by atoms with van der Waals surface area (Å²) in [7, 11) is -2.15. The molecule has 0 aromatic heterocycles. The van der Waals surface area contributed by atoms with Gasteiger partial charge in [0, 0.05) is 26.2 Å². The van der Waals surface area contributed by atoms with Crippen LogP contribution in [0.5, 0.6) is 0 Å². The second-order valence-electron chi connectivity index (χ2n) is 10.6. The summed E-state index contributed by atoms with van der Waals surface area (Å²) in [6.45, 7) is 8.06. The molecule has 2 amide bonds. The van der Waals surface area contributed by atoms with Gasteiger partial charge in [-0.3, -0.25) is 9.69 Å². The van der Waals surface area contributed by atoms with Crippen LogP contribution in [0.25, 0.3) is 0 Å². The van der Waals surface area contributed by atoms with E-state index in [0.717, 1.165) is 37.8 Å². The SMILES string of the molecule is CCCC[C@@H](C(=O)N[C@H]1CC[C@@H]2CN(S(=O)(=O)c3ccc(F)cc3)C[C@@H]21)N(C)C(=O)OC(C)(C)C. The number of unbranched alkanes of at least 4 members (excludes halogenated alkanes) is 1. The van der Waals surface area contributed by atoms with Gasteiger partial charge in [-0.2, -0.15) is 4.31 Å². The number of nitrogens with zero attached hydrogens (tertiary/aromatic N) is 2. The summed E-state index contributed by atoms with van der Waals surface area (Å²) >= 11 is 0. The van der Waals surface area contributed by atoms with Crippen molar-refractivity contribution in [3.8, 4) is 0 Å². The maximum Gasteiger partial charge on any atom is 0.410 e. The van der Waals surface area contributed by atoms with Crippen molar-refractivity contribution in [1.82, 2.24) is 14.5 Å². The van der Waals surface area contributed by atoms with Crippen LogP contribution in [-0.2, 0) is 19.6 Å². The molecule has 1 saturated heterocycles. The van der Waals surface area contributed by atoms with Crippen molar-refractivity contribution in [3.63, 3.8) is 0 Å². The average Bonchev–Trinajstić information content (AvgIpc) is 3.35. The molecule has 4 atom stereocenters. The first kappa shape index (κ1) is 27.4. The number of hydrogen-bond acceptors (Lipinski definition) is 5. The van der Waals surface area contributed by atoms with Crippen molar-refractivity contribution in [1.29, 1.82) is 0 Å². The molecule has 8 nitrogen and oxygen atoms in total. The summed E-state index contributed by atoms with van der Waals surface area (Å²) in [6.07, 6.45) is 3.22. The Balaban J connectivity index is 1.68. The number of rotatable bonds is 8. The van der Waals surface area contributed by atoms with E-state index in [1.54, 1.807) is 27.8 Å². The molecule has 2 fully saturated rings. The predicted octanol–water partition coefficient (Wildman–Crippen LogP) is 3.77. The van der Waals surface area contributed by atoms with Crippen LogP contribution in [0.3, 0.4) is 0 Å². The van der Waals surface area contributed by atoms with Crippen molar-refractivity contribution in [2.75, 3.05) is 20.1 Å². The van der Waals surface area contributed by atoms with Crippen molar-refractivity contribution in [3.05, 3.63) is 30.1 Å². The number of nitrogens with one attached hydrogen (secondary N) is 1. The fourth-order valence-corrected chi connectivity index (χ4v) is 6.53. The van der Waals surface area contributed by atoms with E-state index in [0.29, 0.717) is 19.5 Å². The number of fused-ring (bicyclic) bond motifs is 1. The lowest BCUT2D eigenvalue weighted by atomic mass is 9.97. The smallest absolute Gasteiger partial charge is 0.410 e. The third-order valence-corrected chi connectivity index (χ3v) is 8.73. The highest BCUT2D eigenvalue weighted by molar-refractivity contribution is 7.89. The second kappa shape index (κ2) is 10.8. The largest absolute Gasteiger partial charge is 0.444 e. The van der Waals surface area contributed by atoms with Gasteiger partial charge in [-0.15, -0.1) is 0 Å². The van der Waals surface area contributed by atoms with Crippen LogP contribution < -0.4 is 5.32 Å². The van der Waals surface area contributed by atoms with E-state index in [9.17, 15) is 22.4 Å². The summed E-state index contributed by atoms with van der Waals surface area (Å²) in [6, 6.07) is 4.02. The number of likely N-dealkylation sites (N-methyl/N-ethyl adjacent to an activating group) is 1. The fraction of sp³-hybridized carbons (Fsp3) is 0.680. The number of amides is 2. The summed E-state index contributed by atoms with van der Waals surface area (Å²) < 4.78 is 46.3. The maximum absolute atomic E-state index is 13.3. The van der Waals surface area contributed by atoms with E-state index in [1.165, 1.54) is 21.3 Å². The molecular weight excluding hydrogens is 473 g/mol. The first-order chi connectivity index (χ1) is 16.3. The zero-order chi connectivity index (χ0) is 26.0. The lowest BCUT2D eigenvalue weighted by Gasteiger charge is -2.31. The lowest BCUT2D eigenvalue weighted by Crippen LogP contribution is -2.52. The first-order valence-electron chi connectivity index (χ1n) is 12.4. The van der Waals surface area contributed by atoms with E-state index in [4.69, 9.17) is 4.74 Å². The molecule has 1 N–H and O–H groups in total. The van der Waals surface area contributed by atoms with Crippen LogP contribution in [0.4, 0.5) is 9.18 Å². The Morgan fingerprint density at radius 1 is 1.20 bits per heavy atom. The highest BCUT2D eigenvalue weighted by Crippen LogP contribution is 2.40. The van der Waals surface area contributed by atoms with Gasteiger partial charge in [0.05, 0.1) is 4.90 Å². The van der Waals surface area contributed by atoms with Gasteiger partial charge in [-0.05, 0) is 76.1 Å². The van der Waals surface area contributed by atoms with E-state index < -0.39 is 33.6 Å². The molecule has 0 unspecified atom stereocenters. The van der Waals surface area contributed by atoms with Gasteiger partial charge >= 0.3 is 6.09 Å². The summed E-state index contributed by atoms with van der Waals surface area (Å²) in [4.78, 5) is 27.4. The quantitative estimate of drug-likeness (QED) is 0.573. The average molecular weight is 512 g/mol. The number of ether oxygens (including phenoxy) is 1. The van der Waals surface area contributed by atoms with Crippen LogP contribution in [-0.4, -0.2) is 67.4 Å². The molecule has 2 aliphatic rings. The molecule has 10 heteroatoms. The van der Waals surface area contributed by atoms with Crippen LogP contribution in [0.2, 0.25) is 0 Å². The molecule has 35 heavy (non-hydrogen) atoms. The molecule has 1 aromatic carbocycles. The van der Waals surface area contributed by atoms with Crippen LogP contribution in [0.1, 0.15) is 59.8 Å². The van der Waals surface area contributed by atoms with Crippen molar-refractivity contribution in [2.24, 2.45) is 11.8 Å². The Kier molecular flexibility index (Phi) is 8.47. The maximum atomic E-state index is 13.3. The molecule has 0 bridgehead atoms. The minimum absolute atomic E-state index is 0.00664. The third-order valence-electron chi connectivity index (χ3n) is 6.89. The number of carbonyl (C=O) groups excluding carboxylic acids is 2. The van der Waals surface area contributed by atoms with E-state index in [1.807, 2.05) is 6.92 Å².